The highest BCUT2D eigenvalue weighted by Crippen LogP contribution is 2.35. The van der Waals surface area contributed by atoms with E-state index in [2.05, 4.69) is 32.4 Å². The number of hydrogen-bond donors (Lipinski definition) is 2. The van der Waals surface area contributed by atoms with Crippen LogP contribution in [0.3, 0.4) is 0 Å². The molecule has 2 aromatic rings. The molecule has 9 nitrogen and oxygen atoms in total. The third-order valence-corrected chi connectivity index (χ3v) is 7.06. The molecule has 4 heterocycles. The standard InChI is InChI=1S/C21H26N6O3S/c1-13-4-5-16(10-22-13)12-27-18(29)21(25-20(27)30)6-8-26(9-7-21)14(2)17-11-23-19(31-17)24-15(3)28/h4-5,10-11,14H,6-9,12H2,1-3H3,(H,25,30)(H,23,24,28)/t14-/m1/s1. The number of piperidine rings is 1. The van der Waals surface area contributed by atoms with Crippen molar-refractivity contribution in [2.24, 2.45) is 0 Å². The van der Waals surface area contributed by atoms with Crippen LogP contribution in [0.4, 0.5) is 9.93 Å². The SMILES string of the molecule is CC(=O)Nc1ncc([C@@H](C)N2CCC3(CC2)NC(=O)N(Cc2ccc(C)nc2)C3=O)s1. The molecule has 1 atom stereocenters. The third kappa shape index (κ3) is 4.31. The van der Waals surface area contributed by atoms with Gasteiger partial charge < -0.3 is 10.6 Å². The number of aromatic nitrogens is 2. The van der Waals surface area contributed by atoms with E-state index in [4.69, 9.17) is 0 Å². The summed E-state index contributed by atoms with van der Waals surface area (Å²) in [5.41, 5.74) is 0.891. The maximum Gasteiger partial charge on any atom is 0.325 e. The number of anilines is 1. The number of aryl methyl sites for hydroxylation is 1. The maximum absolute atomic E-state index is 13.2. The van der Waals surface area contributed by atoms with Gasteiger partial charge in [-0.3, -0.25) is 24.4 Å². The summed E-state index contributed by atoms with van der Waals surface area (Å²) in [6, 6.07) is 3.54. The first-order chi connectivity index (χ1) is 14.8. The van der Waals surface area contributed by atoms with Crippen molar-refractivity contribution in [3.8, 4) is 0 Å². The molecule has 4 amide bonds. The van der Waals surface area contributed by atoms with Gasteiger partial charge in [0.2, 0.25) is 5.91 Å². The van der Waals surface area contributed by atoms with Gasteiger partial charge in [-0.1, -0.05) is 6.07 Å². The Labute approximate surface area is 184 Å². The fraction of sp³-hybridized carbons (Fsp3) is 0.476. The first-order valence-corrected chi connectivity index (χ1v) is 11.1. The van der Waals surface area contributed by atoms with Crippen molar-refractivity contribution >= 4 is 34.3 Å². The Kier molecular flexibility index (Phi) is 5.76. The average molecular weight is 443 g/mol. The van der Waals surface area contributed by atoms with E-state index in [1.54, 1.807) is 12.4 Å². The van der Waals surface area contributed by atoms with Gasteiger partial charge in [-0.25, -0.2) is 9.78 Å². The molecule has 0 unspecified atom stereocenters. The molecule has 0 aliphatic carbocycles. The average Bonchev–Trinajstić information content (AvgIpc) is 3.28. The lowest BCUT2D eigenvalue weighted by Crippen LogP contribution is -2.55. The molecule has 2 aromatic heterocycles. The molecule has 4 rings (SSSR count). The normalized spacial score (nSPS) is 19.5. The van der Waals surface area contributed by atoms with Crippen molar-refractivity contribution in [2.45, 2.75) is 51.7 Å². The Morgan fingerprint density at radius 1 is 1.26 bits per heavy atom. The van der Waals surface area contributed by atoms with Crippen LogP contribution in [0.1, 0.15) is 48.9 Å². The zero-order valence-corrected chi connectivity index (χ0v) is 18.7. The van der Waals surface area contributed by atoms with E-state index in [1.807, 2.05) is 19.1 Å². The fourth-order valence-corrected chi connectivity index (χ4v) is 5.04. The number of likely N-dealkylation sites (tertiary alicyclic amines) is 1. The van der Waals surface area contributed by atoms with Gasteiger partial charge in [0.05, 0.1) is 6.54 Å². The van der Waals surface area contributed by atoms with E-state index in [9.17, 15) is 14.4 Å². The molecule has 31 heavy (non-hydrogen) atoms. The molecule has 10 heteroatoms. The van der Waals surface area contributed by atoms with E-state index in [0.29, 0.717) is 31.1 Å². The van der Waals surface area contributed by atoms with Crippen LogP contribution in [0.25, 0.3) is 0 Å². The van der Waals surface area contributed by atoms with E-state index in [0.717, 1.165) is 16.1 Å². The molecule has 0 aromatic carbocycles. The summed E-state index contributed by atoms with van der Waals surface area (Å²) in [6.45, 7) is 7.04. The number of pyridine rings is 1. The van der Waals surface area contributed by atoms with E-state index >= 15 is 0 Å². The zero-order valence-electron chi connectivity index (χ0n) is 17.8. The lowest BCUT2D eigenvalue weighted by Gasteiger charge is -2.39. The van der Waals surface area contributed by atoms with Crippen LogP contribution in [0, 0.1) is 6.92 Å². The number of amides is 4. The molecule has 2 N–H and O–H groups in total. The summed E-state index contributed by atoms with van der Waals surface area (Å²) in [6.07, 6.45) is 4.60. The Hall–Kier alpha value is -2.85. The number of thiazole rings is 1. The van der Waals surface area contributed by atoms with Gasteiger partial charge in [-0.15, -0.1) is 11.3 Å². The highest BCUT2D eigenvalue weighted by molar-refractivity contribution is 7.15. The molecule has 1 spiro atoms. The maximum atomic E-state index is 13.2. The van der Waals surface area contributed by atoms with Gasteiger partial charge in [-0.2, -0.15) is 0 Å². The Morgan fingerprint density at radius 2 is 2.00 bits per heavy atom. The van der Waals surface area contributed by atoms with E-state index < -0.39 is 5.54 Å². The molecule has 0 bridgehead atoms. The van der Waals surface area contributed by atoms with Crippen LogP contribution in [-0.4, -0.2) is 56.2 Å². The first kappa shape index (κ1) is 21.4. The number of carbonyl (C=O) groups is 3. The molecular weight excluding hydrogens is 416 g/mol. The Morgan fingerprint density at radius 3 is 2.65 bits per heavy atom. The third-order valence-electron chi connectivity index (χ3n) is 5.98. The van der Waals surface area contributed by atoms with Crippen LogP contribution in [0.15, 0.2) is 24.5 Å². The van der Waals surface area contributed by atoms with Crippen molar-refractivity contribution in [1.82, 2.24) is 25.1 Å². The topological polar surface area (TPSA) is 108 Å². The van der Waals surface area contributed by atoms with Gasteiger partial charge >= 0.3 is 6.03 Å². The highest BCUT2D eigenvalue weighted by atomic mass is 32.1. The van der Waals surface area contributed by atoms with Crippen molar-refractivity contribution in [2.75, 3.05) is 18.4 Å². The van der Waals surface area contributed by atoms with Gasteiger partial charge in [-0.05, 0) is 38.3 Å². The predicted octanol–water partition coefficient (Wildman–Crippen LogP) is 2.45. The van der Waals surface area contributed by atoms with Crippen molar-refractivity contribution < 1.29 is 14.4 Å². The second kappa shape index (κ2) is 8.35. The number of carbonyl (C=O) groups excluding carboxylic acids is 3. The van der Waals surface area contributed by atoms with Crippen molar-refractivity contribution in [3.05, 3.63) is 40.7 Å². The number of hydrogen-bond acceptors (Lipinski definition) is 7. The van der Waals surface area contributed by atoms with Crippen LogP contribution in [-0.2, 0) is 16.1 Å². The van der Waals surface area contributed by atoms with Crippen molar-refractivity contribution in [3.63, 3.8) is 0 Å². The number of urea groups is 1. The summed E-state index contributed by atoms with van der Waals surface area (Å²) >= 11 is 1.45. The van der Waals surface area contributed by atoms with Crippen molar-refractivity contribution in [1.29, 1.82) is 0 Å². The summed E-state index contributed by atoms with van der Waals surface area (Å²) < 4.78 is 0. The Balaban J connectivity index is 1.39. The second-order valence-corrected chi connectivity index (χ2v) is 9.23. The minimum atomic E-state index is -0.833. The van der Waals surface area contributed by atoms with Crippen LogP contribution < -0.4 is 10.6 Å². The van der Waals surface area contributed by atoms with E-state index in [-0.39, 0.29) is 30.4 Å². The minimum Gasteiger partial charge on any atom is -0.323 e. The summed E-state index contributed by atoms with van der Waals surface area (Å²) in [7, 11) is 0. The zero-order chi connectivity index (χ0) is 22.2. The lowest BCUT2D eigenvalue weighted by atomic mass is 9.87. The Bertz CT molecular complexity index is 997. The van der Waals surface area contributed by atoms with Gasteiger partial charge in [0.25, 0.3) is 5.91 Å². The first-order valence-electron chi connectivity index (χ1n) is 10.3. The molecule has 164 valence electrons. The minimum absolute atomic E-state index is 0.110. The molecule has 0 saturated carbocycles. The lowest BCUT2D eigenvalue weighted by molar-refractivity contribution is -0.133. The van der Waals surface area contributed by atoms with Crippen LogP contribution in [0.5, 0.6) is 0 Å². The summed E-state index contributed by atoms with van der Waals surface area (Å²) in [5, 5.41) is 6.25. The highest BCUT2D eigenvalue weighted by Gasteiger charge is 2.52. The molecule has 2 fully saturated rings. The molecule has 2 saturated heterocycles. The number of nitrogens with zero attached hydrogens (tertiary/aromatic N) is 4. The van der Waals surface area contributed by atoms with Gasteiger partial charge in [0.15, 0.2) is 5.13 Å². The molecule has 0 radical (unpaired) electrons. The van der Waals surface area contributed by atoms with Gasteiger partial charge in [0, 0.05) is 49.0 Å². The predicted molar refractivity (Wildman–Crippen MR) is 116 cm³/mol. The number of imide groups is 1. The molecule has 2 aliphatic rings. The number of nitrogens with one attached hydrogen (secondary N) is 2. The van der Waals surface area contributed by atoms with Crippen LogP contribution >= 0.6 is 11.3 Å². The largest absolute Gasteiger partial charge is 0.325 e. The fourth-order valence-electron chi connectivity index (χ4n) is 4.09. The van der Waals surface area contributed by atoms with Gasteiger partial charge in [0.1, 0.15) is 5.54 Å². The van der Waals surface area contributed by atoms with Crippen LogP contribution in [0.2, 0.25) is 0 Å². The molecule has 2 aliphatic heterocycles. The molecular formula is C21H26N6O3S. The summed E-state index contributed by atoms with van der Waals surface area (Å²) in [5.74, 6) is -0.300. The number of rotatable bonds is 5. The monoisotopic (exact) mass is 442 g/mol. The smallest absolute Gasteiger partial charge is 0.323 e. The second-order valence-electron chi connectivity index (χ2n) is 8.17. The van der Waals surface area contributed by atoms with E-state index in [1.165, 1.54) is 23.2 Å². The summed E-state index contributed by atoms with van der Waals surface area (Å²) in [4.78, 5) is 50.1. The quantitative estimate of drug-likeness (QED) is 0.689.